The third-order valence-electron chi connectivity index (χ3n) is 4.60. The smallest absolute Gasteiger partial charge is 0.226 e. The molecule has 1 heterocycles. The Bertz CT molecular complexity index is 760. The molecule has 0 aromatic heterocycles. The SMILES string of the molecule is COc1ccc(NC(=O)CCN2c3ccccc3CC2C)cc1OC. The molecule has 0 aliphatic carbocycles. The lowest BCUT2D eigenvalue weighted by Gasteiger charge is -2.24. The van der Waals surface area contributed by atoms with Gasteiger partial charge in [0.15, 0.2) is 11.5 Å². The van der Waals surface area contributed by atoms with E-state index in [0.717, 1.165) is 6.42 Å². The number of hydrogen-bond donors (Lipinski definition) is 1. The minimum atomic E-state index is -0.0104. The van der Waals surface area contributed by atoms with Gasteiger partial charge in [0, 0.05) is 36.4 Å². The predicted octanol–water partition coefficient (Wildman–Crippen LogP) is 3.48. The van der Waals surface area contributed by atoms with E-state index in [1.54, 1.807) is 26.4 Å². The summed E-state index contributed by atoms with van der Waals surface area (Å²) in [5, 5.41) is 2.93. The van der Waals surface area contributed by atoms with E-state index in [2.05, 4.69) is 35.3 Å². The summed E-state index contributed by atoms with van der Waals surface area (Å²) in [6.07, 6.45) is 1.47. The molecular formula is C20H24N2O3. The lowest BCUT2D eigenvalue weighted by molar-refractivity contribution is -0.116. The molecule has 0 spiro atoms. The van der Waals surface area contributed by atoms with Gasteiger partial charge in [-0.2, -0.15) is 0 Å². The molecule has 5 heteroatoms. The van der Waals surface area contributed by atoms with Crippen LogP contribution in [0.1, 0.15) is 18.9 Å². The topological polar surface area (TPSA) is 50.8 Å². The first-order valence-corrected chi connectivity index (χ1v) is 8.48. The van der Waals surface area contributed by atoms with Crippen LogP contribution in [0.3, 0.4) is 0 Å². The van der Waals surface area contributed by atoms with Gasteiger partial charge in [-0.3, -0.25) is 4.79 Å². The quantitative estimate of drug-likeness (QED) is 0.875. The molecule has 0 radical (unpaired) electrons. The summed E-state index contributed by atoms with van der Waals surface area (Å²) in [5.74, 6) is 1.23. The van der Waals surface area contributed by atoms with Crippen molar-refractivity contribution in [3.05, 3.63) is 48.0 Å². The molecule has 2 aromatic rings. The molecule has 132 valence electrons. The van der Waals surface area contributed by atoms with Gasteiger partial charge in [-0.1, -0.05) is 18.2 Å². The fourth-order valence-corrected chi connectivity index (χ4v) is 3.33. The van der Waals surface area contributed by atoms with Crippen LogP contribution in [-0.4, -0.2) is 32.7 Å². The van der Waals surface area contributed by atoms with Crippen molar-refractivity contribution >= 4 is 17.3 Å². The number of methoxy groups -OCH3 is 2. The monoisotopic (exact) mass is 340 g/mol. The second-order valence-electron chi connectivity index (χ2n) is 6.24. The van der Waals surface area contributed by atoms with E-state index < -0.39 is 0 Å². The standard InChI is InChI=1S/C20H24N2O3/c1-14-12-15-6-4-5-7-17(15)22(14)11-10-20(23)21-16-8-9-18(24-2)19(13-16)25-3/h4-9,13-14H,10-12H2,1-3H3,(H,21,23). The van der Waals surface area contributed by atoms with Crippen LogP contribution in [0.25, 0.3) is 0 Å². The average Bonchev–Trinajstić information content (AvgIpc) is 2.95. The molecule has 3 rings (SSSR count). The summed E-state index contributed by atoms with van der Waals surface area (Å²) < 4.78 is 10.5. The average molecular weight is 340 g/mol. The van der Waals surface area contributed by atoms with E-state index in [9.17, 15) is 4.79 Å². The Kier molecular flexibility index (Phi) is 5.12. The fourth-order valence-electron chi connectivity index (χ4n) is 3.33. The number of rotatable bonds is 6. The van der Waals surface area contributed by atoms with Crippen LogP contribution in [0.5, 0.6) is 11.5 Å². The van der Waals surface area contributed by atoms with Crippen molar-refractivity contribution < 1.29 is 14.3 Å². The second-order valence-corrected chi connectivity index (χ2v) is 6.24. The van der Waals surface area contributed by atoms with Gasteiger partial charge in [-0.05, 0) is 37.1 Å². The van der Waals surface area contributed by atoms with E-state index in [0.29, 0.717) is 36.2 Å². The van der Waals surface area contributed by atoms with Crippen LogP contribution < -0.4 is 19.7 Å². The van der Waals surface area contributed by atoms with E-state index in [1.165, 1.54) is 11.3 Å². The second kappa shape index (κ2) is 7.47. The van der Waals surface area contributed by atoms with Crippen LogP contribution in [0.15, 0.2) is 42.5 Å². The molecule has 1 N–H and O–H groups in total. The lowest BCUT2D eigenvalue weighted by atomic mass is 10.1. The van der Waals surface area contributed by atoms with Crippen LogP contribution in [0.2, 0.25) is 0 Å². The first-order chi connectivity index (χ1) is 12.1. The van der Waals surface area contributed by atoms with E-state index in [1.807, 2.05) is 12.1 Å². The van der Waals surface area contributed by atoms with Gasteiger partial charge in [0.25, 0.3) is 0 Å². The van der Waals surface area contributed by atoms with Gasteiger partial charge in [0.1, 0.15) is 0 Å². The van der Waals surface area contributed by atoms with E-state index in [-0.39, 0.29) is 5.91 Å². The maximum atomic E-state index is 12.3. The van der Waals surface area contributed by atoms with Crippen molar-refractivity contribution in [1.82, 2.24) is 0 Å². The Morgan fingerprint density at radius 1 is 1.16 bits per heavy atom. The minimum Gasteiger partial charge on any atom is -0.493 e. The highest BCUT2D eigenvalue weighted by Crippen LogP contribution is 2.32. The van der Waals surface area contributed by atoms with E-state index >= 15 is 0 Å². The molecule has 1 aliphatic heterocycles. The number of ether oxygens (including phenoxy) is 2. The largest absolute Gasteiger partial charge is 0.493 e. The predicted molar refractivity (Wildman–Crippen MR) is 99.7 cm³/mol. The summed E-state index contributed by atoms with van der Waals surface area (Å²) >= 11 is 0. The molecule has 1 amide bonds. The number of nitrogens with zero attached hydrogens (tertiary/aromatic N) is 1. The number of fused-ring (bicyclic) bond motifs is 1. The Morgan fingerprint density at radius 2 is 1.92 bits per heavy atom. The normalized spacial score (nSPS) is 15.6. The number of nitrogens with one attached hydrogen (secondary N) is 1. The van der Waals surface area contributed by atoms with Crippen LogP contribution in [0.4, 0.5) is 11.4 Å². The molecule has 0 bridgehead atoms. The molecule has 1 unspecified atom stereocenters. The molecule has 0 saturated heterocycles. The molecule has 1 aliphatic rings. The third kappa shape index (κ3) is 3.71. The summed E-state index contributed by atoms with van der Waals surface area (Å²) in [4.78, 5) is 14.6. The number of carbonyl (C=O) groups excluding carboxylic acids is 1. The van der Waals surface area contributed by atoms with Crippen molar-refractivity contribution in [2.45, 2.75) is 25.8 Å². The first kappa shape index (κ1) is 17.1. The van der Waals surface area contributed by atoms with Crippen LogP contribution >= 0.6 is 0 Å². The van der Waals surface area contributed by atoms with Gasteiger partial charge in [-0.15, -0.1) is 0 Å². The number of anilines is 2. The summed E-state index contributed by atoms with van der Waals surface area (Å²) in [6.45, 7) is 2.91. The fraction of sp³-hybridized carbons (Fsp3) is 0.350. The molecular weight excluding hydrogens is 316 g/mol. The van der Waals surface area contributed by atoms with Crippen molar-refractivity contribution in [1.29, 1.82) is 0 Å². The Balaban J connectivity index is 1.60. The lowest BCUT2D eigenvalue weighted by Crippen LogP contribution is -2.32. The van der Waals surface area contributed by atoms with E-state index in [4.69, 9.17) is 9.47 Å². The Morgan fingerprint density at radius 3 is 2.68 bits per heavy atom. The zero-order valence-electron chi connectivity index (χ0n) is 14.9. The number of benzene rings is 2. The maximum absolute atomic E-state index is 12.3. The zero-order chi connectivity index (χ0) is 17.8. The Labute approximate surface area is 148 Å². The maximum Gasteiger partial charge on any atom is 0.226 e. The summed E-state index contributed by atoms with van der Waals surface area (Å²) in [5.41, 5.74) is 3.31. The number of carbonyl (C=O) groups is 1. The number of hydrogen-bond acceptors (Lipinski definition) is 4. The van der Waals surface area contributed by atoms with Crippen LogP contribution in [0, 0.1) is 0 Å². The first-order valence-electron chi connectivity index (χ1n) is 8.48. The summed E-state index contributed by atoms with van der Waals surface area (Å²) in [6, 6.07) is 14.2. The van der Waals surface area contributed by atoms with Crippen molar-refractivity contribution in [3.8, 4) is 11.5 Å². The molecule has 1 atom stereocenters. The molecule has 25 heavy (non-hydrogen) atoms. The van der Waals surface area contributed by atoms with Crippen LogP contribution in [-0.2, 0) is 11.2 Å². The molecule has 5 nitrogen and oxygen atoms in total. The highest BCUT2D eigenvalue weighted by atomic mass is 16.5. The third-order valence-corrected chi connectivity index (χ3v) is 4.60. The van der Waals surface area contributed by atoms with Gasteiger partial charge in [0.2, 0.25) is 5.91 Å². The highest BCUT2D eigenvalue weighted by Gasteiger charge is 2.25. The van der Waals surface area contributed by atoms with Gasteiger partial charge in [-0.25, -0.2) is 0 Å². The zero-order valence-corrected chi connectivity index (χ0v) is 14.9. The molecule has 2 aromatic carbocycles. The Hall–Kier alpha value is -2.69. The number of para-hydroxylation sites is 1. The van der Waals surface area contributed by atoms with Crippen molar-refractivity contribution in [2.75, 3.05) is 31.0 Å². The highest BCUT2D eigenvalue weighted by molar-refractivity contribution is 5.91. The van der Waals surface area contributed by atoms with Crippen molar-refractivity contribution in [3.63, 3.8) is 0 Å². The van der Waals surface area contributed by atoms with Gasteiger partial charge in [0.05, 0.1) is 14.2 Å². The van der Waals surface area contributed by atoms with Gasteiger partial charge >= 0.3 is 0 Å². The minimum absolute atomic E-state index is 0.0104. The number of amides is 1. The van der Waals surface area contributed by atoms with Gasteiger partial charge < -0.3 is 19.7 Å². The summed E-state index contributed by atoms with van der Waals surface area (Å²) in [7, 11) is 3.17. The molecule has 0 saturated carbocycles. The van der Waals surface area contributed by atoms with Crippen molar-refractivity contribution in [2.24, 2.45) is 0 Å². The molecule has 0 fully saturated rings.